The minimum Gasteiger partial charge on any atom is -0.384 e. The van der Waals surface area contributed by atoms with Crippen molar-refractivity contribution < 1.29 is 4.79 Å². The molecular formula is C19H19N3O. The Bertz CT molecular complexity index is 873. The molecule has 1 unspecified atom stereocenters. The molecule has 1 aromatic heterocycles. The van der Waals surface area contributed by atoms with Crippen LogP contribution in [0.1, 0.15) is 34.5 Å². The summed E-state index contributed by atoms with van der Waals surface area (Å²) >= 11 is 0. The molecule has 1 heterocycles. The molecule has 3 N–H and O–H groups in total. The number of carbonyl (C=O) groups is 1. The zero-order valence-corrected chi connectivity index (χ0v) is 13.2. The second kappa shape index (κ2) is 6.08. The number of amides is 1. The average Bonchev–Trinajstić information content (AvgIpc) is 2.54. The first-order valence-electron chi connectivity index (χ1n) is 7.58. The predicted octanol–water partition coefficient (Wildman–Crippen LogP) is 3.62. The Morgan fingerprint density at radius 1 is 1.13 bits per heavy atom. The number of rotatable bonds is 3. The number of para-hydroxylation sites is 1. The molecule has 4 heteroatoms. The molecule has 1 amide bonds. The smallest absolute Gasteiger partial charge is 0.252 e. The van der Waals surface area contributed by atoms with Crippen LogP contribution in [0, 0.1) is 6.92 Å². The summed E-state index contributed by atoms with van der Waals surface area (Å²) in [4.78, 5) is 16.8. The van der Waals surface area contributed by atoms with E-state index in [4.69, 9.17) is 5.73 Å². The lowest BCUT2D eigenvalue weighted by Crippen LogP contribution is -2.27. The van der Waals surface area contributed by atoms with E-state index in [1.165, 1.54) is 0 Å². The van der Waals surface area contributed by atoms with Crippen LogP contribution in [0.5, 0.6) is 0 Å². The summed E-state index contributed by atoms with van der Waals surface area (Å²) in [5.41, 5.74) is 9.35. The molecule has 1 atom stereocenters. The zero-order valence-electron chi connectivity index (χ0n) is 13.2. The SMILES string of the molecule is Cc1ccccc1C(=O)NC(C)c1cc(N)nc2ccccc12. The third-order valence-corrected chi connectivity index (χ3v) is 3.97. The zero-order chi connectivity index (χ0) is 16.4. The van der Waals surface area contributed by atoms with Gasteiger partial charge in [-0.3, -0.25) is 4.79 Å². The van der Waals surface area contributed by atoms with Gasteiger partial charge in [-0.1, -0.05) is 36.4 Å². The Hall–Kier alpha value is -2.88. The Labute approximate surface area is 135 Å². The van der Waals surface area contributed by atoms with E-state index >= 15 is 0 Å². The molecule has 23 heavy (non-hydrogen) atoms. The van der Waals surface area contributed by atoms with Crippen LogP contribution in [0.15, 0.2) is 54.6 Å². The lowest BCUT2D eigenvalue weighted by Gasteiger charge is -2.17. The molecule has 0 spiro atoms. The fraction of sp³-hybridized carbons (Fsp3) is 0.158. The number of nitrogens with one attached hydrogen (secondary N) is 1. The van der Waals surface area contributed by atoms with Gasteiger partial charge < -0.3 is 11.1 Å². The van der Waals surface area contributed by atoms with Crippen LogP contribution in [0.3, 0.4) is 0 Å². The second-order valence-corrected chi connectivity index (χ2v) is 5.66. The van der Waals surface area contributed by atoms with E-state index in [0.29, 0.717) is 11.4 Å². The van der Waals surface area contributed by atoms with E-state index in [-0.39, 0.29) is 11.9 Å². The molecule has 0 aliphatic heterocycles. The van der Waals surface area contributed by atoms with Gasteiger partial charge in [-0.2, -0.15) is 0 Å². The van der Waals surface area contributed by atoms with Crippen molar-refractivity contribution >= 4 is 22.6 Å². The lowest BCUT2D eigenvalue weighted by atomic mass is 10.0. The van der Waals surface area contributed by atoms with Crippen molar-refractivity contribution in [3.05, 3.63) is 71.3 Å². The molecule has 0 saturated carbocycles. The van der Waals surface area contributed by atoms with E-state index in [2.05, 4.69) is 10.3 Å². The van der Waals surface area contributed by atoms with Crippen molar-refractivity contribution in [3.63, 3.8) is 0 Å². The summed E-state index contributed by atoms with van der Waals surface area (Å²) in [6.07, 6.45) is 0. The minimum atomic E-state index is -0.169. The summed E-state index contributed by atoms with van der Waals surface area (Å²) in [6.45, 7) is 3.89. The molecule has 116 valence electrons. The molecule has 0 aliphatic rings. The number of anilines is 1. The molecule has 3 aromatic rings. The number of fused-ring (bicyclic) bond motifs is 1. The average molecular weight is 305 g/mol. The van der Waals surface area contributed by atoms with Gasteiger partial charge in [0.05, 0.1) is 11.6 Å². The predicted molar refractivity (Wildman–Crippen MR) is 93.2 cm³/mol. The lowest BCUT2D eigenvalue weighted by molar-refractivity contribution is 0.0939. The summed E-state index contributed by atoms with van der Waals surface area (Å²) in [5, 5.41) is 4.05. The van der Waals surface area contributed by atoms with Crippen LogP contribution in [0.25, 0.3) is 10.9 Å². The van der Waals surface area contributed by atoms with Gasteiger partial charge in [0, 0.05) is 10.9 Å². The highest BCUT2D eigenvalue weighted by Crippen LogP contribution is 2.25. The number of benzene rings is 2. The van der Waals surface area contributed by atoms with Crippen molar-refractivity contribution in [3.8, 4) is 0 Å². The van der Waals surface area contributed by atoms with Gasteiger partial charge in [0.1, 0.15) is 5.82 Å². The Morgan fingerprint density at radius 3 is 2.61 bits per heavy atom. The summed E-state index contributed by atoms with van der Waals surface area (Å²) in [7, 11) is 0. The monoisotopic (exact) mass is 305 g/mol. The van der Waals surface area contributed by atoms with Gasteiger partial charge in [0.15, 0.2) is 0 Å². The molecule has 3 rings (SSSR count). The number of carbonyl (C=O) groups excluding carboxylic acids is 1. The largest absolute Gasteiger partial charge is 0.384 e. The highest BCUT2D eigenvalue weighted by atomic mass is 16.1. The Morgan fingerprint density at radius 2 is 1.83 bits per heavy atom. The first kappa shape index (κ1) is 15.0. The number of aryl methyl sites for hydroxylation is 1. The van der Waals surface area contributed by atoms with Crippen LogP contribution < -0.4 is 11.1 Å². The molecule has 2 aromatic carbocycles. The summed E-state index contributed by atoms with van der Waals surface area (Å²) < 4.78 is 0. The second-order valence-electron chi connectivity index (χ2n) is 5.66. The molecule has 0 bridgehead atoms. The molecular weight excluding hydrogens is 286 g/mol. The van der Waals surface area contributed by atoms with Crippen LogP contribution >= 0.6 is 0 Å². The fourth-order valence-corrected chi connectivity index (χ4v) is 2.76. The normalized spacial score (nSPS) is 12.1. The topological polar surface area (TPSA) is 68.0 Å². The highest BCUT2D eigenvalue weighted by Gasteiger charge is 2.16. The minimum absolute atomic E-state index is 0.0879. The van der Waals surface area contributed by atoms with Crippen molar-refractivity contribution in [2.75, 3.05) is 5.73 Å². The number of hydrogen-bond acceptors (Lipinski definition) is 3. The molecule has 0 saturated heterocycles. The van der Waals surface area contributed by atoms with Crippen LogP contribution in [0.4, 0.5) is 5.82 Å². The van der Waals surface area contributed by atoms with Gasteiger partial charge in [0.2, 0.25) is 0 Å². The van der Waals surface area contributed by atoms with Gasteiger partial charge >= 0.3 is 0 Å². The van der Waals surface area contributed by atoms with Crippen LogP contribution in [-0.2, 0) is 0 Å². The Balaban J connectivity index is 1.94. The van der Waals surface area contributed by atoms with Gasteiger partial charge in [-0.25, -0.2) is 4.98 Å². The third-order valence-electron chi connectivity index (χ3n) is 3.97. The van der Waals surface area contributed by atoms with Crippen LogP contribution in [-0.4, -0.2) is 10.9 Å². The molecule has 0 aliphatic carbocycles. The van der Waals surface area contributed by atoms with Crippen molar-refractivity contribution in [2.45, 2.75) is 19.9 Å². The molecule has 4 nitrogen and oxygen atoms in total. The van der Waals surface area contributed by atoms with E-state index in [0.717, 1.165) is 22.0 Å². The van der Waals surface area contributed by atoms with Gasteiger partial charge in [-0.15, -0.1) is 0 Å². The van der Waals surface area contributed by atoms with Gasteiger partial charge in [0.25, 0.3) is 5.91 Å². The summed E-state index contributed by atoms with van der Waals surface area (Å²) in [5.74, 6) is 0.366. The number of nitrogens with two attached hydrogens (primary N) is 1. The number of nitrogen functional groups attached to an aromatic ring is 1. The van der Waals surface area contributed by atoms with Gasteiger partial charge in [-0.05, 0) is 43.2 Å². The van der Waals surface area contributed by atoms with Crippen molar-refractivity contribution in [2.24, 2.45) is 0 Å². The number of aromatic nitrogens is 1. The number of nitrogens with zero attached hydrogens (tertiary/aromatic N) is 1. The van der Waals surface area contributed by atoms with Crippen molar-refractivity contribution in [1.29, 1.82) is 0 Å². The first-order valence-corrected chi connectivity index (χ1v) is 7.58. The van der Waals surface area contributed by atoms with E-state index < -0.39 is 0 Å². The molecule has 0 fully saturated rings. The maximum Gasteiger partial charge on any atom is 0.252 e. The van der Waals surface area contributed by atoms with E-state index in [1.54, 1.807) is 0 Å². The van der Waals surface area contributed by atoms with E-state index in [9.17, 15) is 4.79 Å². The number of pyridine rings is 1. The standard InChI is InChI=1S/C19H19N3O/c1-12-7-3-4-8-14(12)19(23)21-13(2)16-11-18(20)22-17-10-6-5-9-15(16)17/h3-11,13H,1-2H3,(H2,20,22)(H,21,23). The van der Waals surface area contributed by atoms with E-state index in [1.807, 2.05) is 68.4 Å². The first-order chi connectivity index (χ1) is 11.1. The molecule has 0 radical (unpaired) electrons. The maximum atomic E-state index is 12.5. The van der Waals surface area contributed by atoms with Crippen LogP contribution in [0.2, 0.25) is 0 Å². The number of hydrogen-bond donors (Lipinski definition) is 2. The summed E-state index contributed by atoms with van der Waals surface area (Å²) in [6, 6.07) is 17.0. The Kier molecular flexibility index (Phi) is 3.98. The fourth-order valence-electron chi connectivity index (χ4n) is 2.76. The quantitative estimate of drug-likeness (QED) is 0.776. The highest BCUT2D eigenvalue weighted by molar-refractivity contribution is 5.96. The third kappa shape index (κ3) is 3.01. The maximum absolute atomic E-state index is 12.5. The van der Waals surface area contributed by atoms with Crippen molar-refractivity contribution in [1.82, 2.24) is 10.3 Å².